The number of carbonyl (C=O) groups excluding carboxylic acids is 4. The first-order valence-corrected chi connectivity index (χ1v) is 13.2. The Morgan fingerprint density at radius 1 is 1.15 bits per heavy atom. The Bertz CT molecular complexity index is 1390. The maximum absolute atomic E-state index is 14.0. The lowest BCUT2D eigenvalue weighted by Crippen LogP contribution is -2.66. The highest BCUT2D eigenvalue weighted by Crippen LogP contribution is 2.56. The second-order valence-corrected chi connectivity index (χ2v) is 12.3. The standard InChI is InChI=1S/C29H37N3O8/c1-12-14-11-15-22(32(5)6)24(36)21(27(30)39)26(38)29(15,40)25(37)19(14)23(35)20-16(33)9-7-13(18(12)20)8-10-17(34)31-28(2,3)4/h7,9,12,14-15,22,33,35,38,40H,8,10-11H2,1-6H3,(H2,30,39)(H,31,34)/t12-,14+,15-,22+,29-/m0/s1. The zero-order valence-electron chi connectivity index (χ0n) is 23.5. The lowest BCUT2D eigenvalue weighted by atomic mass is 9.55. The van der Waals surface area contributed by atoms with Gasteiger partial charge in [0.2, 0.25) is 11.7 Å². The van der Waals surface area contributed by atoms with Crippen molar-refractivity contribution in [2.75, 3.05) is 14.1 Å². The van der Waals surface area contributed by atoms with Crippen molar-refractivity contribution in [3.63, 3.8) is 0 Å². The van der Waals surface area contributed by atoms with E-state index in [2.05, 4.69) is 5.32 Å². The summed E-state index contributed by atoms with van der Waals surface area (Å²) < 4.78 is 0. The molecule has 40 heavy (non-hydrogen) atoms. The first-order valence-electron chi connectivity index (χ1n) is 13.2. The molecule has 1 saturated carbocycles. The van der Waals surface area contributed by atoms with E-state index in [1.165, 1.54) is 11.0 Å². The molecule has 1 aromatic carbocycles. The Morgan fingerprint density at radius 2 is 1.77 bits per heavy atom. The van der Waals surface area contributed by atoms with Gasteiger partial charge in [-0.25, -0.2) is 0 Å². The van der Waals surface area contributed by atoms with E-state index in [9.17, 15) is 39.6 Å². The predicted octanol–water partition coefficient (Wildman–Crippen LogP) is 1.37. The molecule has 1 aromatic rings. The molecule has 11 nitrogen and oxygen atoms in total. The van der Waals surface area contributed by atoms with Crippen LogP contribution in [0.5, 0.6) is 5.75 Å². The molecule has 11 heteroatoms. The van der Waals surface area contributed by atoms with Gasteiger partial charge in [-0.1, -0.05) is 13.0 Å². The number of aryl methyl sites for hydroxylation is 1. The quantitative estimate of drug-likeness (QED) is 0.291. The van der Waals surface area contributed by atoms with Crippen LogP contribution in [0.3, 0.4) is 0 Å². The van der Waals surface area contributed by atoms with E-state index in [0.29, 0.717) is 17.5 Å². The van der Waals surface area contributed by atoms with Gasteiger partial charge in [0.05, 0.1) is 11.6 Å². The number of carbonyl (C=O) groups is 4. The normalized spacial score (nSPS) is 28.3. The number of nitrogens with zero attached hydrogens (tertiary/aromatic N) is 1. The Kier molecular flexibility index (Phi) is 7.13. The third kappa shape index (κ3) is 4.37. The Morgan fingerprint density at radius 3 is 2.33 bits per heavy atom. The van der Waals surface area contributed by atoms with E-state index in [0.717, 1.165) is 0 Å². The minimum Gasteiger partial charge on any atom is -0.508 e. The Balaban J connectivity index is 1.87. The molecule has 7 N–H and O–H groups in total. The fourth-order valence-electron chi connectivity index (χ4n) is 6.66. The summed E-state index contributed by atoms with van der Waals surface area (Å²) in [5, 5.41) is 47.8. The number of Topliss-reactive ketones (excluding diaryl/α,β-unsaturated/α-hetero) is 2. The van der Waals surface area contributed by atoms with Crippen LogP contribution in [0, 0.1) is 11.8 Å². The molecule has 5 atom stereocenters. The molecule has 216 valence electrons. The molecule has 0 saturated heterocycles. The molecule has 2 amide bonds. The van der Waals surface area contributed by atoms with Crippen LogP contribution >= 0.6 is 0 Å². The summed E-state index contributed by atoms with van der Waals surface area (Å²) in [6.45, 7) is 7.43. The second-order valence-electron chi connectivity index (χ2n) is 12.3. The van der Waals surface area contributed by atoms with Gasteiger partial charge >= 0.3 is 0 Å². The molecule has 0 aliphatic heterocycles. The first-order chi connectivity index (χ1) is 18.4. The summed E-state index contributed by atoms with van der Waals surface area (Å²) in [5.74, 6) is -7.63. The number of rotatable bonds is 5. The number of aromatic hydroxyl groups is 1. The predicted molar refractivity (Wildman–Crippen MR) is 145 cm³/mol. The molecule has 0 spiro atoms. The van der Waals surface area contributed by atoms with E-state index in [-0.39, 0.29) is 35.6 Å². The number of aliphatic hydroxyl groups is 3. The first kappa shape index (κ1) is 29.3. The van der Waals surface area contributed by atoms with Crippen molar-refractivity contribution in [1.82, 2.24) is 10.2 Å². The van der Waals surface area contributed by atoms with E-state index < -0.39 is 69.5 Å². The number of amides is 2. The summed E-state index contributed by atoms with van der Waals surface area (Å²) in [6.07, 6.45) is 0.443. The number of phenolic OH excluding ortho intramolecular Hbond substituents is 1. The van der Waals surface area contributed by atoms with Gasteiger partial charge in [-0.2, -0.15) is 0 Å². The fraction of sp³-hybridized carbons (Fsp3) is 0.517. The molecule has 0 unspecified atom stereocenters. The monoisotopic (exact) mass is 555 g/mol. The van der Waals surface area contributed by atoms with Gasteiger partial charge < -0.3 is 31.5 Å². The Hall–Kier alpha value is -3.70. The number of phenols is 1. The number of nitrogens with two attached hydrogens (primary N) is 1. The van der Waals surface area contributed by atoms with E-state index in [1.807, 2.05) is 27.7 Å². The van der Waals surface area contributed by atoms with E-state index in [4.69, 9.17) is 5.73 Å². The van der Waals surface area contributed by atoms with Crippen molar-refractivity contribution < 1.29 is 39.6 Å². The molecule has 0 radical (unpaired) electrons. The smallest absolute Gasteiger partial charge is 0.255 e. The van der Waals surface area contributed by atoms with Gasteiger partial charge in [-0.05, 0) is 76.7 Å². The molecule has 3 aliphatic carbocycles. The second kappa shape index (κ2) is 9.74. The number of hydrogen-bond acceptors (Lipinski definition) is 9. The van der Waals surface area contributed by atoms with Crippen LogP contribution in [0.1, 0.15) is 63.1 Å². The van der Waals surface area contributed by atoms with Gasteiger partial charge in [-0.15, -0.1) is 0 Å². The number of likely N-dealkylation sites (N-methyl/N-ethyl adjacent to an activating group) is 1. The minimum absolute atomic E-state index is 0.00741. The molecule has 0 aromatic heterocycles. The lowest BCUT2D eigenvalue weighted by Gasteiger charge is -2.51. The number of fused-ring (bicyclic) bond motifs is 3. The highest BCUT2D eigenvalue weighted by Gasteiger charge is 2.64. The maximum atomic E-state index is 14.0. The van der Waals surface area contributed by atoms with Crippen LogP contribution in [0.4, 0.5) is 0 Å². The summed E-state index contributed by atoms with van der Waals surface area (Å²) in [5.41, 5.74) is 2.47. The number of hydrogen-bond donors (Lipinski definition) is 6. The van der Waals surface area contributed by atoms with Crippen LogP contribution in [-0.2, 0) is 25.6 Å². The number of ketones is 2. The Labute approximate surface area is 232 Å². The van der Waals surface area contributed by atoms with Gasteiger partial charge in [-0.3, -0.25) is 24.1 Å². The minimum atomic E-state index is -2.69. The van der Waals surface area contributed by atoms with Crippen LogP contribution in [0.2, 0.25) is 0 Å². The number of nitrogens with one attached hydrogen (secondary N) is 1. The molecule has 0 bridgehead atoms. The van der Waals surface area contributed by atoms with E-state index in [1.54, 1.807) is 20.2 Å². The van der Waals surface area contributed by atoms with Crippen molar-refractivity contribution in [1.29, 1.82) is 0 Å². The zero-order chi connectivity index (χ0) is 30.1. The highest BCUT2D eigenvalue weighted by molar-refractivity contribution is 6.24. The van der Waals surface area contributed by atoms with Crippen molar-refractivity contribution in [3.8, 4) is 5.75 Å². The van der Waals surface area contributed by atoms with Crippen LogP contribution in [-0.4, -0.2) is 80.0 Å². The highest BCUT2D eigenvalue weighted by atomic mass is 16.3. The van der Waals surface area contributed by atoms with Crippen molar-refractivity contribution in [2.24, 2.45) is 17.6 Å². The topological polar surface area (TPSA) is 190 Å². The van der Waals surface area contributed by atoms with Gasteiger partial charge in [0.15, 0.2) is 11.4 Å². The average molecular weight is 556 g/mol. The van der Waals surface area contributed by atoms with Gasteiger partial charge in [0.1, 0.15) is 22.8 Å². The molecule has 1 fully saturated rings. The van der Waals surface area contributed by atoms with Crippen LogP contribution in [0.25, 0.3) is 5.76 Å². The summed E-state index contributed by atoms with van der Waals surface area (Å²) >= 11 is 0. The zero-order valence-corrected chi connectivity index (χ0v) is 23.5. The van der Waals surface area contributed by atoms with Crippen molar-refractivity contribution in [3.05, 3.63) is 45.7 Å². The van der Waals surface area contributed by atoms with Crippen molar-refractivity contribution >= 4 is 29.1 Å². The van der Waals surface area contributed by atoms with Crippen LogP contribution < -0.4 is 11.1 Å². The SMILES string of the molecule is C[C@@H]1c2c(CCC(=O)NC(C)(C)C)ccc(O)c2C(O)=C2C(=O)[C@]3(O)C(O)=C(C(N)=O)C(=O)[C@H](N(C)C)[C@@H]3C[C@@H]21. The van der Waals surface area contributed by atoms with Gasteiger partial charge in [0.25, 0.3) is 5.91 Å². The van der Waals surface area contributed by atoms with Crippen LogP contribution in [0.15, 0.2) is 29.0 Å². The van der Waals surface area contributed by atoms with E-state index >= 15 is 0 Å². The van der Waals surface area contributed by atoms with Crippen molar-refractivity contribution in [2.45, 2.75) is 70.1 Å². The lowest BCUT2D eigenvalue weighted by molar-refractivity contribution is -0.154. The summed E-state index contributed by atoms with van der Waals surface area (Å²) in [6, 6.07) is 1.89. The maximum Gasteiger partial charge on any atom is 0.255 e. The molecule has 3 aliphatic rings. The molecular formula is C29H37N3O8. The number of aliphatic hydroxyl groups excluding tert-OH is 2. The molecule has 0 heterocycles. The summed E-state index contributed by atoms with van der Waals surface area (Å²) in [4.78, 5) is 53.4. The average Bonchev–Trinajstić information content (AvgIpc) is 2.82. The summed E-state index contributed by atoms with van der Waals surface area (Å²) in [7, 11) is 3.10. The third-order valence-electron chi connectivity index (χ3n) is 8.30. The molecular weight excluding hydrogens is 518 g/mol. The largest absolute Gasteiger partial charge is 0.508 e. The number of primary amides is 1. The fourth-order valence-corrected chi connectivity index (χ4v) is 6.66. The molecule has 4 rings (SSSR count). The van der Waals surface area contributed by atoms with Gasteiger partial charge in [0, 0.05) is 23.5 Å². The number of benzene rings is 1. The third-order valence-corrected chi connectivity index (χ3v) is 8.30.